The maximum Gasteiger partial charge on any atom is 0.180 e. The van der Waals surface area contributed by atoms with Gasteiger partial charge in [0, 0.05) is 47.8 Å². The normalized spacial score (nSPS) is 20.4. The molecule has 1 aliphatic heterocycles. The molecule has 5 nitrogen and oxygen atoms in total. The number of carbonyl (C=O) groups is 2. The first kappa shape index (κ1) is 28.4. The summed E-state index contributed by atoms with van der Waals surface area (Å²) >= 11 is 6.81. The summed E-state index contributed by atoms with van der Waals surface area (Å²) in [4.78, 5) is 29.9. The molecule has 0 saturated carbocycles. The maximum atomic E-state index is 13.9. The third kappa shape index (κ3) is 5.18. The minimum absolute atomic E-state index is 0.0698. The Morgan fingerprint density at radius 3 is 2.08 bits per heavy atom. The Kier molecular flexibility index (Phi) is 7.37. The lowest BCUT2D eigenvalue weighted by Crippen LogP contribution is -2.44. The van der Waals surface area contributed by atoms with Gasteiger partial charge in [0.2, 0.25) is 0 Å². The Bertz CT molecular complexity index is 1400. The van der Waals surface area contributed by atoms with E-state index in [0.29, 0.717) is 52.6 Å². The van der Waals surface area contributed by atoms with Crippen molar-refractivity contribution in [1.29, 1.82) is 0 Å². The van der Waals surface area contributed by atoms with E-state index < -0.39 is 5.92 Å². The fourth-order valence-corrected chi connectivity index (χ4v) is 6.87. The van der Waals surface area contributed by atoms with Crippen LogP contribution in [0.2, 0.25) is 5.02 Å². The van der Waals surface area contributed by atoms with Gasteiger partial charge >= 0.3 is 0 Å². The minimum atomic E-state index is -0.524. The monoisotopic (exact) mass is 565 g/mol. The maximum absolute atomic E-state index is 13.9. The number of benzene rings is 2. The van der Waals surface area contributed by atoms with Crippen LogP contribution in [0.4, 0.5) is 4.39 Å². The van der Waals surface area contributed by atoms with Gasteiger partial charge in [0.1, 0.15) is 12.4 Å². The van der Waals surface area contributed by atoms with Crippen molar-refractivity contribution in [3.05, 3.63) is 80.9 Å². The highest BCUT2D eigenvalue weighted by molar-refractivity contribution is 6.32. The number of halogens is 2. The molecule has 2 aromatic carbocycles. The Labute approximate surface area is 241 Å². The first-order valence-electron chi connectivity index (χ1n) is 13.9. The van der Waals surface area contributed by atoms with Crippen molar-refractivity contribution in [3.8, 4) is 11.5 Å². The Hall–Kier alpha value is -3.12. The van der Waals surface area contributed by atoms with E-state index in [1.165, 1.54) is 19.2 Å². The third-order valence-electron chi connectivity index (χ3n) is 8.20. The van der Waals surface area contributed by atoms with Gasteiger partial charge in [0.25, 0.3) is 0 Å². The Morgan fingerprint density at radius 2 is 1.55 bits per heavy atom. The largest absolute Gasteiger partial charge is 0.493 e. The fraction of sp³-hybridized carbons (Fsp3) is 0.455. The summed E-state index contributed by atoms with van der Waals surface area (Å²) in [5.74, 6) is -0.00157. The Morgan fingerprint density at radius 1 is 0.950 bits per heavy atom. The van der Waals surface area contributed by atoms with Crippen molar-refractivity contribution in [2.24, 2.45) is 10.8 Å². The number of hydrogen-bond donors (Lipinski definition) is 0. The lowest BCUT2D eigenvalue weighted by atomic mass is 9.63. The number of nitrogens with zero attached hydrogens (tertiary/aromatic N) is 1. The van der Waals surface area contributed by atoms with E-state index in [9.17, 15) is 14.0 Å². The summed E-state index contributed by atoms with van der Waals surface area (Å²) in [6, 6.07) is 9.79. The number of rotatable bonds is 6. The highest BCUT2D eigenvalue weighted by atomic mass is 35.5. The average molecular weight is 566 g/mol. The van der Waals surface area contributed by atoms with Crippen LogP contribution >= 0.6 is 11.6 Å². The number of hydrogen-bond acceptors (Lipinski definition) is 5. The summed E-state index contributed by atoms with van der Waals surface area (Å²) in [5.41, 5.74) is 4.45. The predicted molar refractivity (Wildman–Crippen MR) is 154 cm³/mol. The molecule has 5 rings (SSSR count). The summed E-state index contributed by atoms with van der Waals surface area (Å²) in [5, 5.41) is 0.306. The van der Waals surface area contributed by atoms with Gasteiger partial charge in [0.05, 0.1) is 12.1 Å². The topological polar surface area (TPSA) is 55.8 Å². The third-order valence-corrected chi connectivity index (χ3v) is 8.48. The van der Waals surface area contributed by atoms with Gasteiger partial charge in [-0.3, -0.25) is 9.59 Å². The smallest absolute Gasteiger partial charge is 0.180 e. The molecular formula is C33H37ClFNO4. The van der Waals surface area contributed by atoms with E-state index in [4.69, 9.17) is 21.1 Å². The molecule has 0 fully saturated rings. The van der Waals surface area contributed by atoms with Gasteiger partial charge in [-0.05, 0) is 66.0 Å². The summed E-state index contributed by atoms with van der Waals surface area (Å²) in [6.45, 7) is 11.4. The molecule has 3 aliphatic rings. The minimum Gasteiger partial charge on any atom is -0.493 e. The van der Waals surface area contributed by atoms with Crippen LogP contribution in [-0.2, 0) is 16.2 Å². The molecule has 40 heavy (non-hydrogen) atoms. The van der Waals surface area contributed by atoms with Gasteiger partial charge in [0.15, 0.2) is 23.1 Å². The second kappa shape index (κ2) is 10.4. The number of carbonyl (C=O) groups excluding carboxylic acids is 2. The molecule has 0 radical (unpaired) electrons. The van der Waals surface area contributed by atoms with E-state index in [1.807, 2.05) is 6.07 Å². The van der Waals surface area contributed by atoms with Crippen molar-refractivity contribution >= 4 is 23.2 Å². The van der Waals surface area contributed by atoms with Crippen molar-refractivity contribution in [2.75, 3.05) is 13.7 Å². The standard InChI is InChI=1S/C33H37ClFNO4/c1-7-36-23-14-32(2,3)16-25(37)29(23)28(30-24(36)15-33(4,5)17-26(30)38)20-12-22(34)31(27(13-20)39-6)40-18-19-9-8-10-21(35)11-19/h8-13,28H,7,14-18H2,1-6H3. The van der Waals surface area contributed by atoms with E-state index >= 15 is 0 Å². The van der Waals surface area contributed by atoms with Crippen molar-refractivity contribution in [3.63, 3.8) is 0 Å². The molecular weight excluding hydrogens is 529 g/mol. The van der Waals surface area contributed by atoms with Gasteiger partial charge in [-0.1, -0.05) is 51.4 Å². The predicted octanol–water partition coefficient (Wildman–Crippen LogP) is 7.77. The summed E-state index contributed by atoms with van der Waals surface area (Å²) < 4.78 is 25.4. The number of ketones is 2. The molecule has 1 heterocycles. The van der Waals surface area contributed by atoms with Gasteiger partial charge in [-0.2, -0.15) is 0 Å². The lowest BCUT2D eigenvalue weighted by Gasteiger charge is -2.49. The molecule has 0 N–H and O–H groups in total. The SMILES string of the molecule is CCN1C2=C(C(=O)CC(C)(C)C2)C(c2cc(Cl)c(OCc3cccc(F)c3)c(OC)c2)C2=C1CC(C)(C)CC2=O. The zero-order valence-corrected chi connectivity index (χ0v) is 24.9. The molecule has 0 unspecified atom stereocenters. The second-order valence-corrected chi connectivity index (χ2v) is 13.1. The zero-order chi connectivity index (χ0) is 29.0. The molecule has 0 amide bonds. The number of ether oxygens (including phenoxy) is 2. The molecule has 0 saturated heterocycles. The molecule has 0 spiro atoms. The van der Waals surface area contributed by atoms with E-state index in [2.05, 4.69) is 39.5 Å². The lowest BCUT2D eigenvalue weighted by molar-refractivity contribution is -0.119. The van der Waals surface area contributed by atoms with E-state index in [1.54, 1.807) is 18.2 Å². The van der Waals surface area contributed by atoms with Crippen LogP contribution in [0, 0.1) is 16.6 Å². The van der Waals surface area contributed by atoms with Crippen LogP contribution in [0.1, 0.15) is 77.3 Å². The molecule has 2 aromatic rings. The molecule has 0 bridgehead atoms. The van der Waals surface area contributed by atoms with Crippen LogP contribution in [0.3, 0.4) is 0 Å². The van der Waals surface area contributed by atoms with Crippen molar-refractivity contribution < 1.29 is 23.5 Å². The molecule has 2 aliphatic carbocycles. The fourth-order valence-electron chi connectivity index (χ4n) is 6.59. The molecule has 0 aromatic heterocycles. The van der Waals surface area contributed by atoms with Crippen LogP contribution < -0.4 is 9.47 Å². The summed E-state index contributed by atoms with van der Waals surface area (Å²) in [7, 11) is 1.53. The van der Waals surface area contributed by atoms with E-state index in [0.717, 1.165) is 29.8 Å². The number of methoxy groups -OCH3 is 1. The van der Waals surface area contributed by atoms with E-state index in [-0.39, 0.29) is 34.8 Å². The first-order chi connectivity index (χ1) is 18.8. The van der Waals surface area contributed by atoms with Crippen LogP contribution in [0.5, 0.6) is 11.5 Å². The number of Topliss-reactive ketones (excluding diaryl/α,β-unsaturated/α-hetero) is 2. The molecule has 7 heteroatoms. The Balaban J connectivity index is 1.65. The van der Waals surface area contributed by atoms with Crippen LogP contribution in [0.15, 0.2) is 58.9 Å². The quantitative estimate of drug-likeness (QED) is 0.358. The summed E-state index contributed by atoms with van der Waals surface area (Å²) in [6.07, 6.45) is 2.34. The van der Waals surface area contributed by atoms with Crippen LogP contribution in [0.25, 0.3) is 0 Å². The number of allylic oxidation sites excluding steroid dienone is 4. The second-order valence-electron chi connectivity index (χ2n) is 12.7. The first-order valence-corrected chi connectivity index (χ1v) is 14.3. The highest BCUT2D eigenvalue weighted by Crippen LogP contribution is 2.55. The molecule has 0 atom stereocenters. The van der Waals surface area contributed by atoms with Gasteiger partial charge in [-0.15, -0.1) is 0 Å². The van der Waals surface area contributed by atoms with Crippen molar-refractivity contribution in [1.82, 2.24) is 4.90 Å². The van der Waals surface area contributed by atoms with Gasteiger partial charge in [-0.25, -0.2) is 4.39 Å². The van der Waals surface area contributed by atoms with Crippen LogP contribution in [-0.4, -0.2) is 30.1 Å². The molecule has 212 valence electrons. The van der Waals surface area contributed by atoms with Gasteiger partial charge < -0.3 is 14.4 Å². The van der Waals surface area contributed by atoms with Crippen molar-refractivity contribution in [2.45, 2.75) is 72.8 Å². The highest BCUT2D eigenvalue weighted by Gasteiger charge is 2.48. The average Bonchev–Trinajstić information content (AvgIpc) is 2.85. The zero-order valence-electron chi connectivity index (χ0n) is 24.1.